The van der Waals surface area contributed by atoms with Crippen molar-refractivity contribution in [3.63, 3.8) is 0 Å². The summed E-state index contributed by atoms with van der Waals surface area (Å²) in [4.78, 5) is 15.5. The lowest BCUT2D eigenvalue weighted by molar-refractivity contribution is 0.102. The molecule has 0 unspecified atom stereocenters. The van der Waals surface area contributed by atoms with Crippen molar-refractivity contribution in [1.29, 1.82) is 5.41 Å². The van der Waals surface area contributed by atoms with E-state index in [9.17, 15) is 4.79 Å². The van der Waals surface area contributed by atoms with E-state index in [4.69, 9.17) is 26.2 Å². The highest BCUT2D eigenvalue weighted by molar-refractivity contribution is 6.30. The molecule has 0 saturated carbocycles. The lowest BCUT2D eigenvalue weighted by Crippen LogP contribution is -2.34. The standard InChI is InChI=1S/C28H24ClN3O3/c29-19-5-9-21(10-6-19)34-22-11-7-20(8-12-22)31-28(33)24-16-18-15-17-3-1-13-32-14-2-4-23(25(17)32)26(18)35-27(24)30/h5-12,15-16,30H,1-4,13-14H2,(H,31,33). The van der Waals surface area contributed by atoms with Gasteiger partial charge in [0.25, 0.3) is 5.91 Å². The summed E-state index contributed by atoms with van der Waals surface area (Å²) >= 11 is 5.91. The number of halogens is 1. The maximum Gasteiger partial charge on any atom is 0.261 e. The molecule has 0 atom stereocenters. The lowest BCUT2D eigenvalue weighted by Gasteiger charge is -2.37. The van der Waals surface area contributed by atoms with Gasteiger partial charge in [-0.3, -0.25) is 10.2 Å². The van der Waals surface area contributed by atoms with E-state index in [0.717, 1.165) is 49.7 Å². The molecule has 0 radical (unpaired) electrons. The van der Waals surface area contributed by atoms with Crippen LogP contribution in [0.1, 0.15) is 34.3 Å². The molecule has 2 N–H and O–H groups in total. The Morgan fingerprint density at radius 1 is 0.971 bits per heavy atom. The Balaban J connectivity index is 1.25. The van der Waals surface area contributed by atoms with Crippen molar-refractivity contribution in [3.05, 3.63) is 87.9 Å². The molecule has 0 fully saturated rings. The van der Waals surface area contributed by atoms with Crippen molar-refractivity contribution in [2.75, 3.05) is 23.3 Å². The lowest BCUT2D eigenvalue weighted by atomic mass is 9.90. The van der Waals surface area contributed by atoms with Crippen molar-refractivity contribution < 1.29 is 13.9 Å². The Morgan fingerprint density at radius 2 is 1.66 bits per heavy atom. The molecule has 2 aliphatic rings. The summed E-state index contributed by atoms with van der Waals surface area (Å²) in [5.41, 5.74) is 5.22. The maximum absolute atomic E-state index is 13.0. The topological polar surface area (TPSA) is 78.6 Å². The van der Waals surface area contributed by atoms with E-state index in [1.165, 1.54) is 16.8 Å². The summed E-state index contributed by atoms with van der Waals surface area (Å²) < 4.78 is 11.8. The largest absolute Gasteiger partial charge is 0.457 e. The number of nitrogens with one attached hydrogen (secondary N) is 2. The van der Waals surface area contributed by atoms with Gasteiger partial charge in [0.05, 0.1) is 0 Å². The van der Waals surface area contributed by atoms with Crippen LogP contribution in [0.2, 0.25) is 5.02 Å². The van der Waals surface area contributed by atoms with Gasteiger partial charge in [0, 0.05) is 40.4 Å². The first-order valence-corrected chi connectivity index (χ1v) is 12.2. The highest BCUT2D eigenvalue weighted by Gasteiger charge is 2.27. The van der Waals surface area contributed by atoms with Gasteiger partial charge in [-0.25, -0.2) is 0 Å². The molecule has 0 bridgehead atoms. The number of aryl methyl sites for hydroxylation is 2. The van der Waals surface area contributed by atoms with Gasteiger partial charge in [-0.15, -0.1) is 0 Å². The molecule has 0 spiro atoms. The summed E-state index contributed by atoms with van der Waals surface area (Å²) in [5, 5.41) is 12.8. The van der Waals surface area contributed by atoms with Crippen LogP contribution in [0, 0.1) is 5.41 Å². The first-order chi connectivity index (χ1) is 17.0. The molecule has 0 aliphatic carbocycles. The van der Waals surface area contributed by atoms with Crippen LogP contribution in [0.5, 0.6) is 11.5 Å². The number of ether oxygens (including phenoxy) is 1. The molecule has 1 amide bonds. The van der Waals surface area contributed by atoms with Crippen LogP contribution in [0.25, 0.3) is 11.0 Å². The van der Waals surface area contributed by atoms with E-state index in [1.54, 1.807) is 54.6 Å². The van der Waals surface area contributed by atoms with Gasteiger partial charge in [0.2, 0.25) is 5.55 Å². The summed E-state index contributed by atoms with van der Waals surface area (Å²) in [6.07, 6.45) is 4.18. The van der Waals surface area contributed by atoms with Crippen LogP contribution in [0.4, 0.5) is 11.4 Å². The quantitative estimate of drug-likeness (QED) is 0.355. The number of rotatable bonds is 4. The molecule has 176 valence electrons. The zero-order valence-electron chi connectivity index (χ0n) is 19.1. The van der Waals surface area contributed by atoms with Crippen LogP contribution in [0.3, 0.4) is 0 Å². The fourth-order valence-corrected chi connectivity index (χ4v) is 5.20. The van der Waals surface area contributed by atoms with E-state index in [2.05, 4.69) is 16.3 Å². The predicted molar refractivity (Wildman–Crippen MR) is 137 cm³/mol. The number of fused-ring (bicyclic) bond motifs is 2. The number of hydrogen-bond donors (Lipinski definition) is 2. The zero-order chi connectivity index (χ0) is 23.9. The first kappa shape index (κ1) is 21.7. The first-order valence-electron chi connectivity index (χ1n) is 11.8. The zero-order valence-corrected chi connectivity index (χ0v) is 19.8. The molecule has 3 heterocycles. The number of hydrogen-bond acceptors (Lipinski definition) is 5. The van der Waals surface area contributed by atoms with Crippen LogP contribution in [-0.4, -0.2) is 19.0 Å². The summed E-state index contributed by atoms with van der Waals surface area (Å²) in [6.45, 7) is 2.15. The number of nitrogens with zero attached hydrogens (tertiary/aromatic N) is 1. The fraction of sp³-hybridized carbons (Fsp3) is 0.214. The summed E-state index contributed by atoms with van der Waals surface area (Å²) in [7, 11) is 0. The molecular formula is C28H24ClN3O3. The second kappa shape index (κ2) is 8.78. The van der Waals surface area contributed by atoms with Gasteiger partial charge in [0.1, 0.15) is 22.6 Å². The SMILES string of the molecule is N=c1oc2c3c4c(cc2cc1C(=O)Nc1ccc(Oc2ccc(Cl)cc2)cc1)CCCN4CCC3. The molecule has 7 heteroatoms. The van der Waals surface area contributed by atoms with E-state index in [0.29, 0.717) is 22.2 Å². The monoisotopic (exact) mass is 485 g/mol. The molecule has 6 rings (SSSR count). The minimum Gasteiger partial charge on any atom is -0.457 e. The van der Waals surface area contributed by atoms with E-state index < -0.39 is 0 Å². The van der Waals surface area contributed by atoms with Gasteiger partial charge in [-0.05, 0) is 91.9 Å². The van der Waals surface area contributed by atoms with Gasteiger partial charge in [-0.1, -0.05) is 11.6 Å². The molecule has 6 nitrogen and oxygen atoms in total. The Bertz CT molecular complexity index is 1490. The van der Waals surface area contributed by atoms with Gasteiger partial charge < -0.3 is 19.4 Å². The molecule has 4 aromatic rings. The maximum atomic E-state index is 13.0. The highest BCUT2D eigenvalue weighted by Crippen LogP contribution is 2.39. The molecule has 2 aliphatic heterocycles. The normalized spacial score (nSPS) is 14.5. The van der Waals surface area contributed by atoms with Crippen LogP contribution >= 0.6 is 11.6 Å². The van der Waals surface area contributed by atoms with Crippen LogP contribution in [-0.2, 0) is 12.8 Å². The average molecular weight is 486 g/mol. The third-order valence-corrected chi connectivity index (χ3v) is 6.91. The Hall–Kier alpha value is -3.77. The van der Waals surface area contributed by atoms with Crippen LogP contribution < -0.4 is 20.5 Å². The minimum absolute atomic E-state index is 0.123. The van der Waals surface area contributed by atoms with Gasteiger partial charge >= 0.3 is 0 Å². The summed E-state index contributed by atoms with van der Waals surface area (Å²) in [5.74, 6) is 0.937. The van der Waals surface area contributed by atoms with Crippen molar-refractivity contribution >= 4 is 39.9 Å². The Labute approximate surface area is 207 Å². The predicted octanol–water partition coefficient (Wildman–Crippen LogP) is 6.31. The number of carbonyl (C=O) groups is 1. The molecule has 0 saturated heterocycles. The number of amides is 1. The second-order valence-electron chi connectivity index (χ2n) is 9.00. The van der Waals surface area contributed by atoms with Gasteiger partial charge in [0.15, 0.2) is 0 Å². The fourth-order valence-electron chi connectivity index (χ4n) is 5.07. The van der Waals surface area contributed by atoms with Crippen LogP contribution in [0.15, 0.2) is 65.1 Å². The molecule has 35 heavy (non-hydrogen) atoms. The Kier molecular flexibility index (Phi) is 5.46. The van der Waals surface area contributed by atoms with Crippen molar-refractivity contribution in [3.8, 4) is 11.5 Å². The Morgan fingerprint density at radius 3 is 2.40 bits per heavy atom. The van der Waals surface area contributed by atoms with Crippen molar-refractivity contribution in [2.24, 2.45) is 0 Å². The smallest absolute Gasteiger partial charge is 0.261 e. The van der Waals surface area contributed by atoms with Crippen molar-refractivity contribution in [2.45, 2.75) is 25.7 Å². The third-order valence-electron chi connectivity index (χ3n) is 6.66. The average Bonchev–Trinajstić information content (AvgIpc) is 2.87. The minimum atomic E-state index is -0.375. The molecular weight excluding hydrogens is 462 g/mol. The highest BCUT2D eigenvalue weighted by atomic mass is 35.5. The molecule has 3 aromatic carbocycles. The van der Waals surface area contributed by atoms with E-state index >= 15 is 0 Å². The van der Waals surface area contributed by atoms with E-state index in [1.807, 2.05) is 0 Å². The number of anilines is 2. The van der Waals surface area contributed by atoms with Crippen molar-refractivity contribution in [1.82, 2.24) is 0 Å². The third kappa shape index (κ3) is 4.15. The molecule has 1 aromatic heterocycles. The van der Waals surface area contributed by atoms with Gasteiger partial charge in [-0.2, -0.15) is 0 Å². The summed E-state index contributed by atoms with van der Waals surface area (Å²) in [6, 6.07) is 18.1. The van der Waals surface area contributed by atoms with E-state index in [-0.39, 0.29) is 17.0 Å². The number of carbonyl (C=O) groups excluding carboxylic acids is 1. The number of benzene rings is 3. The second-order valence-corrected chi connectivity index (χ2v) is 9.44.